The van der Waals surface area contributed by atoms with Crippen LogP contribution in [0.3, 0.4) is 0 Å². The van der Waals surface area contributed by atoms with Gasteiger partial charge in [0.1, 0.15) is 0 Å². The van der Waals surface area contributed by atoms with Crippen LogP contribution >= 0.6 is 0 Å². The summed E-state index contributed by atoms with van der Waals surface area (Å²) < 4.78 is 1.83. The van der Waals surface area contributed by atoms with Gasteiger partial charge in [-0.1, -0.05) is 6.42 Å². The van der Waals surface area contributed by atoms with E-state index < -0.39 is 0 Å². The first-order valence-corrected chi connectivity index (χ1v) is 6.50. The Bertz CT molecular complexity index is 400. The fourth-order valence-electron chi connectivity index (χ4n) is 1.95. The predicted octanol–water partition coefficient (Wildman–Crippen LogP) is 2.57. The van der Waals surface area contributed by atoms with Gasteiger partial charge < -0.3 is 4.90 Å². The smallest absolute Gasteiger partial charge is 0.0683 e. The molecule has 0 bridgehead atoms. The van der Waals surface area contributed by atoms with Crippen LogP contribution in [0.1, 0.15) is 38.7 Å². The number of unbranched alkanes of at least 4 members (excludes halogenated alkanes) is 1. The highest BCUT2D eigenvalue weighted by molar-refractivity contribution is 5.02. The molecule has 0 aliphatic heterocycles. The minimum absolute atomic E-state index is 0.179. The molecule has 0 aliphatic carbocycles. The Morgan fingerprint density at radius 2 is 2.17 bits per heavy atom. The zero-order chi connectivity index (χ0) is 13.6. The first kappa shape index (κ1) is 14.7. The summed E-state index contributed by atoms with van der Waals surface area (Å²) in [5.74, 6) is 0. The van der Waals surface area contributed by atoms with Crippen molar-refractivity contribution in [1.29, 1.82) is 5.26 Å². The summed E-state index contributed by atoms with van der Waals surface area (Å²) in [5, 5.41) is 13.1. The lowest BCUT2D eigenvalue weighted by Gasteiger charge is -2.18. The molecular weight excluding hydrogens is 224 g/mol. The molecule has 1 rings (SSSR count). The Morgan fingerprint density at radius 1 is 1.44 bits per heavy atom. The Morgan fingerprint density at radius 3 is 2.72 bits per heavy atom. The van der Waals surface area contributed by atoms with Crippen LogP contribution < -0.4 is 0 Å². The molecule has 0 saturated heterocycles. The average Bonchev–Trinajstić information content (AvgIpc) is 2.70. The minimum atomic E-state index is -0.179. The molecule has 1 heterocycles. The maximum atomic E-state index is 8.93. The van der Waals surface area contributed by atoms with Gasteiger partial charge in [0.25, 0.3) is 0 Å². The van der Waals surface area contributed by atoms with Gasteiger partial charge in [0.2, 0.25) is 0 Å². The molecular formula is C14H24N4. The van der Waals surface area contributed by atoms with Crippen LogP contribution in [0.5, 0.6) is 0 Å². The SMILES string of the molecule is CN(CCCCC(C)(C)C#N)Cc1cnn(C)c1. The number of aromatic nitrogens is 2. The van der Waals surface area contributed by atoms with Crippen molar-refractivity contribution in [2.24, 2.45) is 12.5 Å². The molecule has 0 radical (unpaired) electrons. The van der Waals surface area contributed by atoms with Crippen molar-refractivity contribution in [2.75, 3.05) is 13.6 Å². The molecule has 4 nitrogen and oxygen atoms in total. The fraction of sp³-hybridized carbons (Fsp3) is 0.714. The Kier molecular flexibility index (Phi) is 5.36. The largest absolute Gasteiger partial charge is 0.302 e. The van der Waals surface area contributed by atoms with Gasteiger partial charge in [-0.15, -0.1) is 0 Å². The molecule has 0 aromatic carbocycles. The van der Waals surface area contributed by atoms with E-state index in [2.05, 4.69) is 29.3 Å². The van der Waals surface area contributed by atoms with Gasteiger partial charge in [0.15, 0.2) is 0 Å². The van der Waals surface area contributed by atoms with E-state index in [1.54, 1.807) is 0 Å². The van der Waals surface area contributed by atoms with Crippen LogP contribution in [0.15, 0.2) is 12.4 Å². The van der Waals surface area contributed by atoms with E-state index in [0.717, 1.165) is 32.4 Å². The highest BCUT2D eigenvalue weighted by atomic mass is 15.2. The third-order valence-electron chi connectivity index (χ3n) is 3.11. The summed E-state index contributed by atoms with van der Waals surface area (Å²) >= 11 is 0. The third-order valence-corrected chi connectivity index (χ3v) is 3.11. The molecule has 100 valence electrons. The van der Waals surface area contributed by atoms with Gasteiger partial charge in [0, 0.05) is 25.4 Å². The highest BCUT2D eigenvalue weighted by Crippen LogP contribution is 2.21. The van der Waals surface area contributed by atoms with E-state index in [9.17, 15) is 0 Å². The maximum Gasteiger partial charge on any atom is 0.0683 e. The molecule has 4 heteroatoms. The van der Waals surface area contributed by atoms with Crippen molar-refractivity contribution in [3.8, 4) is 6.07 Å². The van der Waals surface area contributed by atoms with Crippen LogP contribution in [0.25, 0.3) is 0 Å². The fourth-order valence-corrected chi connectivity index (χ4v) is 1.95. The lowest BCUT2D eigenvalue weighted by Crippen LogP contribution is -2.19. The monoisotopic (exact) mass is 248 g/mol. The van der Waals surface area contributed by atoms with E-state index in [0.29, 0.717) is 0 Å². The number of nitrogens with zero attached hydrogens (tertiary/aromatic N) is 4. The zero-order valence-corrected chi connectivity index (χ0v) is 12.0. The van der Waals surface area contributed by atoms with Gasteiger partial charge in [-0.3, -0.25) is 4.68 Å². The topological polar surface area (TPSA) is 44.9 Å². The van der Waals surface area contributed by atoms with E-state index in [1.807, 2.05) is 31.8 Å². The maximum absolute atomic E-state index is 8.93. The molecule has 0 atom stereocenters. The molecule has 0 N–H and O–H groups in total. The molecule has 1 aromatic rings. The Labute approximate surface area is 110 Å². The molecule has 18 heavy (non-hydrogen) atoms. The number of aryl methyl sites for hydroxylation is 1. The standard InChI is InChI=1S/C14H24N4/c1-14(2,12-15)7-5-6-8-17(3)10-13-9-16-18(4)11-13/h9,11H,5-8,10H2,1-4H3. The van der Waals surface area contributed by atoms with E-state index in [1.165, 1.54) is 5.56 Å². The van der Waals surface area contributed by atoms with Crippen LogP contribution in [-0.2, 0) is 13.6 Å². The van der Waals surface area contributed by atoms with Gasteiger partial charge in [-0.05, 0) is 40.3 Å². The molecule has 0 fully saturated rings. The Hall–Kier alpha value is -1.34. The summed E-state index contributed by atoms with van der Waals surface area (Å²) in [4.78, 5) is 2.30. The normalized spacial score (nSPS) is 11.8. The molecule has 0 amide bonds. The number of hydrogen-bond acceptors (Lipinski definition) is 3. The second kappa shape index (κ2) is 6.55. The first-order valence-electron chi connectivity index (χ1n) is 6.50. The summed E-state index contributed by atoms with van der Waals surface area (Å²) in [6.07, 6.45) is 7.19. The van der Waals surface area contributed by atoms with Crippen molar-refractivity contribution in [2.45, 2.75) is 39.7 Å². The van der Waals surface area contributed by atoms with E-state index in [4.69, 9.17) is 5.26 Å². The number of nitriles is 1. The van der Waals surface area contributed by atoms with Crippen LogP contribution in [-0.4, -0.2) is 28.3 Å². The van der Waals surface area contributed by atoms with Crippen molar-refractivity contribution < 1.29 is 0 Å². The summed E-state index contributed by atoms with van der Waals surface area (Å²) in [7, 11) is 4.07. The minimum Gasteiger partial charge on any atom is -0.302 e. The third kappa shape index (κ3) is 5.33. The van der Waals surface area contributed by atoms with Gasteiger partial charge in [0.05, 0.1) is 17.7 Å². The van der Waals surface area contributed by atoms with E-state index in [-0.39, 0.29) is 5.41 Å². The molecule has 0 unspecified atom stereocenters. The lowest BCUT2D eigenvalue weighted by atomic mass is 9.89. The first-order chi connectivity index (χ1) is 8.43. The quantitative estimate of drug-likeness (QED) is 0.697. The zero-order valence-electron chi connectivity index (χ0n) is 12.0. The second-order valence-corrected chi connectivity index (χ2v) is 5.71. The van der Waals surface area contributed by atoms with Gasteiger partial charge in [-0.25, -0.2) is 0 Å². The van der Waals surface area contributed by atoms with Crippen molar-refractivity contribution in [3.05, 3.63) is 18.0 Å². The molecule has 0 saturated carbocycles. The number of rotatable bonds is 7. The van der Waals surface area contributed by atoms with Gasteiger partial charge in [-0.2, -0.15) is 10.4 Å². The average molecular weight is 248 g/mol. The lowest BCUT2D eigenvalue weighted by molar-refractivity contribution is 0.307. The van der Waals surface area contributed by atoms with E-state index >= 15 is 0 Å². The summed E-state index contributed by atoms with van der Waals surface area (Å²) in [5.41, 5.74) is 1.07. The highest BCUT2D eigenvalue weighted by Gasteiger charge is 2.15. The Balaban J connectivity index is 2.18. The predicted molar refractivity (Wildman–Crippen MR) is 72.8 cm³/mol. The van der Waals surface area contributed by atoms with Crippen molar-refractivity contribution >= 4 is 0 Å². The van der Waals surface area contributed by atoms with Crippen LogP contribution in [0.4, 0.5) is 0 Å². The second-order valence-electron chi connectivity index (χ2n) is 5.71. The molecule has 0 spiro atoms. The summed E-state index contributed by atoms with van der Waals surface area (Å²) in [6.45, 7) is 6.02. The molecule has 0 aliphatic rings. The van der Waals surface area contributed by atoms with Crippen LogP contribution in [0.2, 0.25) is 0 Å². The summed E-state index contributed by atoms with van der Waals surface area (Å²) in [6, 6.07) is 2.35. The number of hydrogen-bond donors (Lipinski definition) is 0. The van der Waals surface area contributed by atoms with Crippen molar-refractivity contribution in [3.63, 3.8) is 0 Å². The van der Waals surface area contributed by atoms with Gasteiger partial charge >= 0.3 is 0 Å². The van der Waals surface area contributed by atoms with Crippen molar-refractivity contribution in [1.82, 2.24) is 14.7 Å². The molecule has 1 aromatic heterocycles. The van der Waals surface area contributed by atoms with Crippen LogP contribution in [0, 0.1) is 16.7 Å².